The first-order valence-corrected chi connectivity index (χ1v) is 29.2. The van der Waals surface area contributed by atoms with Crippen LogP contribution in [0.4, 0.5) is 0 Å². The van der Waals surface area contributed by atoms with Crippen molar-refractivity contribution in [2.24, 2.45) is 11.8 Å². The van der Waals surface area contributed by atoms with Crippen LogP contribution in [0, 0.1) is 11.8 Å². The van der Waals surface area contributed by atoms with Crippen molar-refractivity contribution in [1.82, 2.24) is 10.2 Å². The van der Waals surface area contributed by atoms with Crippen LogP contribution in [0.5, 0.6) is 0 Å². The van der Waals surface area contributed by atoms with E-state index < -0.39 is 0 Å². The lowest BCUT2D eigenvalue weighted by atomic mass is 10.0. The highest BCUT2D eigenvalue weighted by Crippen LogP contribution is 2.20. The van der Waals surface area contributed by atoms with Gasteiger partial charge in [0.2, 0.25) is 0 Å². The van der Waals surface area contributed by atoms with Crippen LogP contribution in [0.2, 0.25) is 0 Å². The number of carbonyl (C=O) groups is 2. The van der Waals surface area contributed by atoms with E-state index in [1.54, 1.807) is 0 Å². The number of esters is 2. The Balaban J connectivity index is 2.17. The van der Waals surface area contributed by atoms with Crippen molar-refractivity contribution in [2.75, 3.05) is 90.5 Å². The molecule has 1 saturated heterocycles. The quantitative estimate of drug-likeness (QED) is 0.0273. The van der Waals surface area contributed by atoms with Gasteiger partial charge < -0.3 is 33.9 Å². The van der Waals surface area contributed by atoms with Crippen molar-refractivity contribution >= 4 is 33.5 Å². The van der Waals surface area contributed by atoms with Crippen molar-refractivity contribution in [2.45, 2.75) is 208 Å². The Bertz CT molecular complexity index is 1140. The fourth-order valence-corrected chi connectivity index (χ4v) is 9.61. The first kappa shape index (κ1) is 61.9. The largest absolute Gasteiger partial charge is 0.466 e. The van der Waals surface area contributed by atoms with E-state index in [0.29, 0.717) is 44.5 Å². The van der Waals surface area contributed by atoms with E-state index in [2.05, 4.69) is 63.9 Å². The molecule has 1 rings (SSSR count). The van der Waals surface area contributed by atoms with Crippen LogP contribution in [-0.2, 0) is 33.3 Å². The summed E-state index contributed by atoms with van der Waals surface area (Å²) in [6.45, 7) is 23.3. The summed E-state index contributed by atoms with van der Waals surface area (Å²) in [6, 6.07) is 0. The maximum Gasteiger partial charge on any atom is 0.305 e. The zero-order valence-corrected chi connectivity index (χ0v) is 44.7. The first-order valence-electron chi connectivity index (χ1n) is 26.7. The summed E-state index contributed by atoms with van der Waals surface area (Å²) >= 11 is 0. The standard InChI is InChI=1S/C54H102N2O7S2/c1-48(2)26-24-28-50(5)32-40-62-53(57)30-18-12-8-7-10-16-22-38-60-47-52(46-55-34-44-64-65-45-43-59-42-37-56-35-20-14-15-21-36-56)61-39-23-17-11-9-13-19-31-54(58)63-41-33-51(6)29-25-27-49(3)4/h26-27,50-52,55H,7-25,28-47H2,1-6H3. The second kappa shape index (κ2) is 46.6. The molecule has 11 heteroatoms. The van der Waals surface area contributed by atoms with Gasteiger partial charge in [0.25, 0.3) is 0 Å². The summed E-state index contributed by atoms with van der Waals surface area (Å²) in [5.74, 6) is 3.17. The molecule has 3 atom stereocenters. The molecule has 3 unspecified atom stereocenters. The lowest BCUT2D eigenvalue weighted by molar-refractivity contribution is -0.145. The molecule has 1 heterocycles. The second-order valence-corrected chi connectivity index (χ2v) is 22.0. The molecular weight excluding hydrogens is 853 g/mol. The summed E-state index contributed by atoms with van der Waals surface area (Å²) in [5.41, 5.74) is 2.74. The Hall–Kier alpha value is -1.08. The Morgan fingerprint density at radius 2 is 1.08 bits per heavy atom. The van der Waals surface area contributed by atoms with Crippen molar-refractivity contribution in [3.63, 3.8) is 0 Å². The zero-order chi connectivity index (χ0) is 47.3. The zero-order valence-electron chi connectivity index (χ0n) is 43.1. The molecule has 0 spiro atoms. The molecule has 0 radical (unpaired) electrons. The second-order valence-electron chi connectivity index (χ2n) is 19.3. The van der Waals surface area contributed by atoms with Gasteiger partial charge in [-0.2, -0.15) is 0 Å². The molecule has 0 aromatic heterocycles. The summed E-state index contributed by atoms with van der Waals surface area (Å²) in [7, 11) is 3.83. The van der Waals surface area contributed by atoms with Gasteiger partial charge in [-0.3, -0.25) is 9.59 Å². The van der Waals surface area contributed by atoms with E-state index in [4.69, 9.17) is 23.7 Å². The average Bonchev–Trinajstić information content (AvgIpc) is 3.55. The third-order valence-electron chi connectivity index (χ3n) is 12.2. The highest BCUT2D eigenvalue weighted by molar-refractivity contribution is 8.76. The van der Waals surface area contributed by atoms with E-state index in [1.807, 2.05) is 21.6 Å². The topological polar surface area (TPSA) is 95.6 Å². The highest BCUT2D eigenvalue weighted by atomic mass is 33.1. The van der Waals surface area contributed by atoms with E-state index in [1.165, 1.54) is 82.0 Å². The SMILES string of the molecule is CC(C)=CCCC(C)CCOC(=O)CCCCCCCCCOCC(CNCCSSCCOCCN1CCCCCC1)OCCCCCCCCC(=O)OCCC(C)CCC=C(C)C. The van der Waals surface area contributed by atoms with Gasteiger partial charge in [-0.05, 0) is 130 Å². The molecular formula is C54H102N2O7S2. The van der Waals surface area contributed by atoms with Gasteiger partial charge in [-0.25, -0.2) is 0 Å². The fourth-order valence-electron chi connectivity index (χ4n) is 7.80. The molecule has 1 aliphatic rings. The van der Waals surface area contributed by atoms with Crippen molar-refractivity contribution in [1.29, 1.82) is 0 Å². The summed E-state index contributed by atoms with van der Waals surface area (Å²) < 4.78 is 29.4. The van der Waals surface area contributed by atoms with Gasteiger partial charge in [0.15, 0.2) is 0 Å². The Morgan fingerprint density at radius 1 is 0.569 bits per heavy atom. The first-order chi connectivity index (χ1) is 31.7. The van der Waals surface area contributed by atoms with E-state index in [0.717, 1.165) is 147 Å². The molecule has 0 aromatic carbocycles. The number of hydrogen-bond donors (Lipinski definition) is 1. The van der Waals surface area contributed by atoms with Crippen molar-refractivity contribution in [3.05, 3.63) is 23.3 Å². The van der Waals surface area contributed by atoms with Gasteiger partial charge in [-0.15, -0.1) is 0 Å². The number of likely N-dealkylation sites (tertiary alicyclic amines) is 1. The van der Waals surface area contributed by atoms with Crippen molar-refractivity contribution < 1.29 is 33.3 Å². The van der Waals surface area contributed by atoms with E-state index in [-0.39, 0.29) is 18.0 Å². The summed E-state index contributed by atoms with van der Waals surface area (Å²) in [4.78, 5) is 26.9. The number of nitrogens with zero attached hydrogens (tertiary/aromatic N) is 1. The lowest BCUT2D eigenvalue weighted by Gasteiger charge is -2.19. The number of rotatable bonds is 46. The maximum atomic E-state index is 12.2. The van der Waals surface area contributed by atoms with E-state index >= 15 is 0 Å². The molecule has 65 heavy (non-hydrogen) atoms. The third-order valence-corrected chi connectivity index (χ3v) is 14.5. The van der Waals surface area contributed by atoms with Crippen LogP contribution < -0.4 is 5.32 Å². The number of hydrogen-bond acceptors (Lipinski definition) is 11. The molecule has 0 aliphatic carbocycles. The van der Waals surface area contributed by atoms with E-state index in [9.17, 15) is 9.59 Å². The van der Waals surface area contributed by atoms with Gasteiger partial charge in [0, 0.05) is 57.2 Å². The average molecular weight is 956 g/mol. The Labute approximate surface area is 409 Å². The van der Waals surface area contributed by atoms with Crippen LogP contribution in [0.25, 0.3) is 0 Å². The Morgan fingerprint density at radius 3 is 1.63 bits per heavy atom. The van der Waals surface area contributed by atoms with Crippen molar-refractivity contribution in [3.8, 4) is 0 Å². The molecule has 0 bridgehead atoms. The smallest absolute Gasteiger partial charge is 0.305 e. The molecule has 0 amide bonds. The summed E-state index contributed by atoms with van der Waals surface area (Å²) in [6.07, 6.45) is 31.9. The van der Waals surface area contributed by atoms with Gasteiger partial charge in [0.05, 0.1) is 39.1 Å². The number of nitrogens with one attached hydrogen (secondary N) is 1. The summed E-state index contributed by atoms with van der Waals surface area (Å²) in [5, 5.41) is 3.62. The maximum absolute atomic E-state index is 12.2. The number of allylic oxidation sites excluding steroid dienone is 4. The molecule has 1 fully saturated rings. The molecule has 1 aliphatic heterocycles. The lowest BCUT2D eigenvalue weighted by Crippen LogP contribution is -2.34. The van der Waals surface area contributed by atoms with Gasteiger partial charge in [0.1, 0.15) is 0 Å². The predicted octanol–water partition coefficient (Wildman–Crippen LogP) is 13.7. The number of unbranched alkanes of at least 4 members (excludes halogenated alkanes) is 11. The van der Waals surface area contributed by atoms with Crippen LogP contribution >= 0.6 is 21.6 Å². The fraction of sp³-hybridized carbons (Fsp3) is 0.889. The molecule has 0 saturated carbocycles. The minimum absolute atomic E-state index is 0.0382. The van der Waals surface area contributed by atoms with Gasteiger partial charge >= 0.3 is 11.9 Å². The van der Waals surface area contributed by atoms with Crippen LogP contribution in [0.15, 0.2) is 23.3 Å². The van der Waals surface area contributed by atoms with Gasteiger partial charge in [-0.1, -0.05) is 129 Å². The monoisotopic (exact) mass is 955 g/mol. The Kier molecular flexibility index (Phi) is 44.4. The molecule has 1 N–H and O–H groups in total. The normalized spacial score (nSPS) is 14.7. The third kappa shape index (κ3) is 45.1. The predicted molar refractivity (Wildman–Crippen MR) is 280 cm³/mol. The van der Waals surface area contributed by atoms with Crippen LogP contribution in [-0.4, -0.2) is 113 Å². The molecule has 382 valence electrons. The molecule has 9 nitrogen and oxygen atoms in total. The molecule has 0 aromatic rings. The highest BCUT2D eigenvalue weighted by Gasteiger charge is 2.12. The number of ether oxygens (including phenoxy) is 5. The van der Waals surface area contributed by atoms with Crippen LogP contribution in [0.1, 0.15) is 202 Å². The minimum Gasteiger partial charge on any atom is -0.466 e. The minimum atomic E-state index is -0.0440. The number of carbonyl (C=O) groups excluding carboxylic acids is 2. The van der Waals surface area contributed by atoms with Crippen LogP contribution in [0.3, 0.4) is 0 Å².